The topological polar surface area (TPSA) is 24.9 Å². The van der Waals surface area contributed by atoms with Gasteiger partial charge in [0.15, 0.2) is 0 Å². The van der Waals surface area contributed by atoms with Crippen LogP contribution in [0.25, 0.3) is 0 Å². The molecule has 1 aromatic carbocycles. The lowest BCUT2D eigenvalue weighted by Gasteiger charge is -2.07. The monoisotopic (exact) mass is 374 g/mol. The highest BCUT2D eigenvalue weighted by Crippen LogP contribution is 2.23. The van der Waals surface area contributed by atoms with Gasteiger partial charge in [-0.15, -0.1) is 0 Å². The van der Waals surface area contributed by atoms with Crippen molar-refractivity contribution in [3.05, 3.63) is 56.1 Å². The van der Waals surface area contributed by atoms with E-state index in [9.17, 15) is 0 Å². The molecule has 2 rings (SSSR count). The van der Waals surface area contributed by atoms with Crippen LogP contribution in [0.4, 0.5) is 5.82 Å². The van der Waals surface area contributed by atoms with Crippen LogP contribution < -0.4 is 5.32 Å². The summed E-state index contributed by atoms with van der Waals surface area (Å²) in [4.78, 5) is 4.21. The smallest absolute Gasteiger partial charge is 0.145 e. The number of benzene rings is 1. The molecule has 1 heterocycles. The Morgan fingerprint density at radius 3 is 2.47 bits per heavy atom. The zero-order valence-electron chi connectivity index (χ0n) is 8.75. The van der Waals surface area contributed by atoms with Gasteiger partial charge in [0.05, 0.1) is 5.02 Å². The molecule has 0 amide bonds. The molecular weight excluding hydrogens is 367 g/mol. The van der Waals surface area contributed by atoms with Crippen molar-refractivity contribution in [2.75, 3.05) is 5.32 Å². The van der Waals surface area contributed by atoms with Gasteiger partial charge >= 0.3 is 0 Å². The Kier molecular flexibility index (Phi) is 4.42. The van der Waals surface area contributed by atoms with Crippen molar-refractivity contribution in [1.82, 2.24) is 4.98 Å². The van der Waals surface area contributed by atoms with Crippen molar-refractivity contribution in [2.24, 2.45) is 0 Å². The first-order valence-corrected chi connectivity index (χ1v) is 6.91. The number of hydrogen-bond donors (Lipinski definition) is 1. The number of aromatic nitrogens is 1. The molecule has 1 N–H and O–H groups in total. The predicted molar refractivity (Wildman–Crippen MR) is 78.4 cm³/mol. The average Bonchev–Trinajstić information content (AvgIpc) is 2.30. The first-order chi connectivity index (χ1) is 8.15. The summed E-state index contributed by atoms with van der Waals surface area (Å²) in [7, 11) is 0. The second-order valence-corrected chi connectivity index (χ2v) is 5.70. The van der Waals surface area contributed by atoms with Gasteiger partial charge in [0.1, 0.15) is 5.82 Å². The number of anilines is 1. The molecule has 0 atom stereocenters. The fourth-order valence-corrected chi connectivity index (χ4v) is 2.29. The second kappa shape index (κ2) is 5.85. The predicted octanol–water partition coefficient (Wildman–Crippen LogP) is 4.87. The van der Waals surface area contributed by atoms with Crippen LogP contribution in [0.3, 0.4) is 0 Å². The van der Waals surface area contributed by atoms with Crippen LogP contribution in [0.2, 0.25) is 5.02 Å². The highest BCUT2D eigenvalue weighted by molar-refractivity contribution is 9.10. The van der Waals surface area contributed by atoms with Crippen LogP contribution in [0.5, 0.6) is 0 Å². The van der Waals surface area contributed by atoms with Crippen molar-refractivity contribution in [3.63, 3.8) is 0 Å². The molecule has 0 fully saturated rings. The van der Waals surface area contributed by atoms with E-state index in [0.717, 1.165) is 8.95 Å². The quantitative estimate of drug-likeness (QED) is 0.826. The summed E-state index contributed by atoms with van der Waals surface area (Å²) in [5.74, 6) is 0.692. The van der Waals surface area contributed by atoms with Gasteiger partial charge in [0, 0.05) is 21.7 Å². The van der Waals surface area contributed by atoms with Crippen LogP contribution >= 0.6 is 43.5 Å². The SMILES string of the molecule is Clc1cc(Br)cnc1NCc1ccc(Br)cc1. The van der Waals surface area contributed by atoms with Crippen LogP contribution in [-0.4, -0.2) is 4.98 Å². The van der Waals surface area contributed by atoms with E-state index < -0.39 is 0 Å². The van der Waals surface area contributed by atoms with E-state index in [4.69, 9.17) is 11.6 Å². The third kappa shape index (κ3) is 3.69. The normalized spacial score (nSPS) is 10.3. The van der Waals surface area contributed by atoms with Gasteiger partial charge in [0.25, 0.3) is 0 Å². The van der Waals surface area contributed by atoms with E-state index in [-0.39, 0.29) is 0 Å². The van der Waals surface area contributed by atoms with Crippen molar-refractivity contribution >= 4 is 49.3 Å². The van der Waals surface area contributed by atoms with E-state index >= 15 is 0 Å². The van der Waals surface area contributed by atoms with Crippen molar-refractivity contribution in [1.29, 1.82) is 0 Å². The molecule has 2 aromatic rings. The van der Waals surface area contributed by atoms with Crippen molar-refractivity contribution in [2.45, 2.75) is 6.54 Å². The number of rotatable bonds is 3. The summed E-state index contributed by atoms with van der Waals surface area (Å²) >= 11 is 12.8. The molecule has 5 heteroatoms. The summed E-state index contributed by atoms with van der Waals surface area (Å²) in [6.45, 7) is 0.696. The minimum atomic E-state index is 0.608. The Morgan fingerprint density at radius 2 is 1.82 bits per heavy atom. The van der Waals surface area contributed by atoms with Crippen LogP contribution in [0.15, 0.2) is 45.5 Å². The van der Waals surface area contributed by atoms with Gasteiger partial charge in [0.2, 0.25) is 0 Å². The van der Waals surface area contributed by atoms with Crippen molar-refractivity contribution in [3.8, 4) is 0 Å². The largest absolute Gasteiger partial charge is 0.365 e. The Morgan fingerprint density at radius 1 is 1.12 bits per heavy atom. The number of pyridine rings is 1. The molecule has 0 saturated carbocycles. The van der Waals surface area contributed by atoms with Gasteiger partial charge in [-0.1, -0.05) is 39.7 Å². The number of halogens is 3. The summed E-state index contributed by atoms with van der Waals surface area (Å²) in [5, 5.41) is 3.80. The van der Waals surface area contributed by atoms with Gasteiger partial charge in [-0.3, -0.25) is 0 Å². The van der Waals surface area contributed by atoms with Crippen LogP contribution in [0, 0.1) is 0 Å². The Hall–Kier alpha value is -0.580. The summed E-state index contributed by atoms with van der Waals surface area (Å²) in [6.07, 6.45) is 1.72. The van der Waals surface area contributed by atoms with E-state index in [1.165, 1.54) is 5.56 Å². The minimum Gasteiger partial charge on any atom is -0.365 e. The summed E-state index contributed by atoms with van der Waals surface area (Å²) in [6, 6.07) is 9.92. The molecule has 0 radical (unpaired) electrons. The van der Waals surface area contributed by atoms with Gasteiger partial charge in [-0.2, -0.15) is 0 Å². The first-order valence-electron chi connectivity index (χ1n) is 4.94. The summed E-state index contributed by atoms with van der Waals surface area (Å²) < 4.78 is 1.94. The Labute approximate surface area is 122 Å². The molecular formula is C12H9Br2ClN2. The third-order valence-electron chi connectivity index (χ3n) is 2.18. The Bertz CT molecular complexity index is 514. The molecule has 1 aromatic heterocycles. The highest BCUT2D eigenvalue weighted by Gasteiger charge is 2.02. The lowest BCUT2D eigenvalue weighted by molar-refractivity contribution is 1.11. The lowest BCUT2D eigenvalue weighted by atomic mass is 10.2. The molecule has 88 valence electrons. The lowest BCUT2D eigenvalue weighted by Crippen LogP contribution is -2.01. The fourth-order valence-electron chi connectivity index (χ4n) is 1.33. The minimum absolute atomic E-state index is 0.608. The molecule has 0 aliphatic rings. The van der Waals surface area contributed by atoms with Crippen LogP contribution in [0.1, 0.15) is 5.56 Å². The zero-order valence-corrected chi connectivity index (χ0v) is 12.7. The molecule has 0 bridgehead atoms. The van der Waals surface area contributed by atoms with Crippen molar-refractivity contribution < 1.29 is 0 Å². The van der Waals surface area contributed by atoms with E-state index in [1.807, 2.05) is 30.3 Å². The molecule has 0 unspecified atom stereocenters. The van der Waals surface area contributed by atoms with Gasteiger partial charge in [-0.05, 0) is 39.7 Å². The van der Waals surface area contributed by atoms with Gasteiger partial charge < -0.3 is 5.32 Å². The Balaban J connectivity index is 2.04. The molecule has 0 spiro atoms. The molecule has 0 aliphatic heterocycles. The standard InChI is InChI=1S/C12H9Br2ClN2/c13-9-3-1-8(2-4-9)6-16-12-11(15)5-10(14)7-17-12/h1-5,7H,6H2,(H,16,17). The highest BCUT2D eigenvalue weighted by atomic mass is 79.9. The molecule has 0 saturated heterocycles. The van der Waals surface area contributed by atoms with Gasteiger partial charge in [-0.25, -0.2) is 4.98 Å². The fraction of sp³-hybridized carbons (Fsp3) is 0.0833. The zero-order chi connectivity index (χ0) is 12.3. The average molecular weight is 376 g/mol. The summed E-state index contributed by atoms with van der Waals surface area (Å²) in [5.41, 5.74) is 1.17. The maximum atomic E-state index is 6.06. The van der Waals surface area contributed by atoms with E-state index in [2.05, 4.69) is 42.2 Å². The van der Waals surface area contributed by atoms with E-state index in [1.54, 1.807) is 6.20 Å². The van der Waals surface area contributed by atoms with E-state index in [0.29, 0.717) is 17.4 Å². The first kappa shape index (κ1) is 12.9. The second-order valence-electron chi connectivity index (χ2n) is 3.46. The van der Waals surface area contributed by atoms with Crippen LogP contribution in [-0.2, 0) is 6.54 Å². The molecule has 0 aliphatic carbocycles. The molecule has 17 heavy (non-hydrogen) atoms. The number of nitrogens with one attached hydrogen (secondary N) is 1. The third-order valence-corrected chi connectivity index (χ3v) is 3.43. The number of nitrogens with zero attached hydrogens (tertiary/aromatic N) is 1. The maximum absolute atomic E-state index is 6.06. The molecule has 2 nitrogen and oxygen atoms in total. The maximum Gasteiger partial charge on any atom is 0.145 e. The number of hydrogen-bond acceptors (Lipinski definition) is 2.